The van der Waals surface area contributed by atoms with Gasteiger partial charge in [-0.1, -0.05) is 30.3 Å². The third-order valence-electron chi connectivity index (χ3n) is 5.31. The van der Waals surface area contributed by atoms with Crippen LogP contribution in [0.15, 0.2) is 42.5 Å². The summed E-state index contributed by atoms with van der Waals surface area (Å²) in [5.41, 5.74) is 2.32. The van der Waals surface area contributed by atoms with Crippen molar-refractivity contribution in [3.05, 3.63) is 59.2 Å². The molecule has 152 valence electrons. The van der Waals surface area contributed by atoms with Crippen LogP contribution in [0, 0.1) is 0 Å². The van der Waals surface area contributed by atoms with Gasteiger partial charge in [0.15, 0.2) is 5.78 Å². The SMILES string of the molecule is O=C(O)c1cc(N2CCOCC2)cc(C(=O)c2ccccc2)c1N1CCOCC1. The lowest BCUT2D eigenvalue weighted by Crippen LogP contribution is -2.39. The molecule has 1 N–H and O–H groups in total. The van der Waals surface area contributed by atoms with Crippen molar-refractivity contribution >= 4 is 23.1 Å². The molecule has 2 heterocycles. The van der Waals surface area contributed by atoms with Gasteiger partial charge in [0.1, 0.15) is 0 Å². The molecule has 0 saturated carbocycles. The molecule has 4 rings (SSSR count). The van der Waals surface area contributed by atoms with Crippen LogP contribution in [0.25, 0.3) is 0 Å². The zero-order valence-corrected chi connectivity index (χ0v) is 16.2. The van der Waals surface area contributed by atoms with Gasteiger partial charge in [0.05, 0.1) is 37.7 Å². The van der Waals surface area contributed by atoms with Crippen molar-refractivity contribution < 1.29 is 24.2 Å². The third kappa shape index (κ3) is 4.11. The smallest absolute Gasteiger partial charge is 0.337 e. The highest BCUT2D eigenvalue weighted by Crippen LogP contribution is 2.34. The second-order valence-corrected chi connectivity index (χ2v) is 7.09. The molecule has 2 saturated heterocycles. The Labute approximate surface area is 169 Å². The molecule has 0 bridgehead atoms. The fourth-order valence-electron chi connectivity index (χ4n) is 3.83. The number of ether oxygens (including phenoxy) is 2. The summed E-state index contributed by atoms with van der Waals surface area (Å²) in [6.45, 7) is 4.58. The minimum Gasteiger partial charge on any atom is -0.478 e. The van der Waals surface area contributed by atoms with Gasteiger partial charge in [0, 0.05) is 43.0 Å². The molecular formula is C22H24N2O5. The maximum absolute atomic E-state index is 13.4. The number of rotatable bonds is 5. The van der Waals surface area contributed by atoms with E-state index in [4.69, 9.17) is 9.47 Å². The van der Waals surface area contributed by atoms with Crippen LogP contribution in [0.3, 0.4) is 0 Å². The molecule has 29 heavy (non-hydrogen) atoms. The van der Waals surface area contributed by atoms with E-state index in [9.17, 15) is 14.7 Å². The standard InChI is InChI=1S/C22H24N2O5/c25-21(16-4-2-1-3-5-16)18-14-17(23-6-10-28-11-7-23)15-19(22(26)27)20(18)24-8-12-29-13-9-24/h1-5,14-15H,6-13H2,(H,26,27). The van der Waals surface area contributed by atoms with Crippen LogP contribution in [-0.4, -0.2) is 69.5 Å². The number of aromatic carboxylic acids is 1. The van der Waals surface area contributed by atoms with E-state index in [2.05, 4.69) is 4.90 Å². The fourth-order valence-corrected chi connectivity index (χ4v) is 3.83. The Balaban J connectivity index is 1.86. The third-order valence-corrected chi connectivity index (χ3v) is 5.31. The molecule has 2 fully saturated rings. The molecule has 2 aromatic carbocycles. The molecule has 0 aromatic heterocycles. The molecule has 2 aliphatic rings. The van der Waals surface area contributed by atoms with E-state index in [1.165, 1.54) is 0 Å². The molecular weight excluding hydrogens is 372 g/mol. The second-order valence-electron chi connectivity index (χ2n) is 7.09. The lowest BCUT2D eigenvalue weighted by Gasteiger charge is -2.34. The van der Waals surface area contributed by atoms with E-state index in [0.29, 0.717) is 69.4 Å². The maximum Gasteiger partial charge on any atom is 0.337 e. The Morgan fingerprint density at radius 1 is 0.793 bits per heavy atom. The summed E-state index contributed by atoms with van der Waals surface area (Å²) in [5.74, 6) is -1.21. The summed E-state index contributed by atoms with van der Waals surface area (Å²) in [4.78, 5) is 29.6. The Kier molecular flexibility index (Phi) is 5.78. The van der Waals surface area contributed by atoms with E-state index < -0.39 is 5.97 Å². The quantitative estimate of drug-likeness (QED) is 0.777. The molecule has 0 radical (unpaired) electrons. The summed E-state index contributed by atoms with van der Waals surface area (Å²) in [6.07, 6.45) is 0. The molecule has 7 nitrogen and oxygen atoms in total. The predicted molar refractivity (Wildman–Crippen MR) is 109 cm³/mol. The number of carboxylic acids is 1. The van der Waals surface area contributed by atoms with Gasteiger partial charge in [0.25, 0.3) is 0 Å². The molecule has 0 atom stereocenters. The van der Waals surface area contributed by atoms with Crippen molar-refractivity contribution in [2.45, 2.75) is 0 Å². The zero-order valence-electron chi connectivity index (χ0n) is 16.2. The second kappa shape index (κ2) is 8.63. The number of carbonyl (C=O) groups excluding carboxylic acids is 1. The van der Waals surface area contributed by atoms with Gasteiger partial charge in [0.2, 0.25) is 0 Å². The first kappa shape index (κ1) is 19.4. The summed E-state index contributed by atoms with van der Waals surface area (Å²) in [6, 6.07) is 12.5. The minimum atomic E-state index is -1.04. The van der Waals surface area contributed by atoms with Crippen LogP contribution < -0.4 is 9.80 Å². The van der Waals surface area contributed by atoms with Crippen molar-refractivity contribution in [2.75, 3.05) is 62.4 Å². The van der Waals surface area contributed by atoms with Crippen molar-refractivity contribution in [3.63, 3.8) is 0 Å². The number of hydrogen-bond donors (Lipinski definition) is 1. The highest BCUT2D eigenvalue weighted by molar-refractivity contribution is 6.15. The maximum atomic E-state index is 13.4. The summed E-state index contributed by atoms with van der Waals surface area (Å²) in [7, 11) is 0. The van der Waals surface area contributed by atoms with Gasteiger partial charge in [-0.05, 0) is 12.1 Å². The highest BCUT2D eigenvalue weighted by Gasteiger charge is 2.28. The largest absolute Gasteiger partial charge is 0.478 e. The summed E-state index contributed by atoms with van der Waals surface area (Å²) in [5, 5.41) is 9.98. The number of morpholine rings is 2. The first-order valence-corrected chi connectivity index (χ1v) is 9.81. The average Bonchev–Trinajstić information content (AvgIpc) is 2.79. The van der Waals surface area contributed by atoms with E-state index in [1.807, 2.05) is 29.2 Å². The van der Waals surface area contributed by atoms with Crippen LogP contribution in [0.4, 0.5) is 11.4 Å². The Bertz CT molecular complexity index is 888. The van der Waals surface area contributed by atoms with Crippen LogP contribution in [0.2, 0.25) is 0 Å². The van der Waals surface area contributed by atoms with E-state index in [1.54, 1.807) is 18.2 Å². The number of carbonyl (C=O) groups is 2. The topological polar surface area (TPSA) is 79.3 Å². The zero-order chi connectivity index (χ0) is 20.2. The minimum absolute atomic E-state index is 0.148. The fraction of sp³-hybridized carbons (Fsp3) is 0.364. The van der Waals surface area contributed by atoms with Crippen molar-refractivity contribution in [2.24, 2.45) is 0 Å². The number of hydrogen-bond acceptors (Lipinski definition) is 6. The first-order valence-electron chi connectivity index (χ1n) is 9.81. The van der Waals surface area contributed by atoms with Crippen LogP contribution >= 0.6 is 0 Å². The normalized spacial score (nSPS) is 17.2. The average molecular weight is 396 g/mol. The molecule has 7 heteroatoms. The van der Waals surface area contributed by atoms with Crippen molar-refractivity contribution in [1.82, 2.24) is 0 Å². The van der Waals surface area contributed by atoms with Gasteiger partial charge in [-0.15, -0.1) is 0 Å². The van der Waals surface area contributed by atoms with Gasteiger partial charge in [-0.25, -0.2) is 4.79 Å². The van der Waals surface area contributed by atoms with E-state index >= 15 is 0 Å². The van der Waals surface area contributed by atoms with Crippen LogP contribution in [-0.2, 0) is 9.47 Å². The van der Waals surface area contributed by atoms with Gasteiger partial charge >= 0.3 is 5.97 Å². The molecule has 0 amide bonds. The van der Waals surface area contributed by atoms with Crippen LogP contribution in [0.1, 0.15) is 26.3 Å². The predicted octanol–water partition coefficient (Wildman–Crippen LogP) is 2.29. The van der Waals surface area contributed by atoms with E-state index in [-0.39, 0.29) is 11.3 Å². The van der Waals surface area contributed by atoms with Gasteiger partial charge < -0.3 is 24.4 Å². The Morgan fingerprint density at radius 2 is 1.34 bits per heavy atom. The first-order chi connectivity index (χ1) is 14.1. The lowest BCUT2D eigenvalue weighted by atomic mass is 9.96. The number of carboxylic acid groups (broad SMARTS) is 1. The number of benzene rings is 2. The van der Waals surface area contributed by atoms with Crippen molar-refractivity contribution in [3.8, 4) is 0 Å². The van der Waals surface area contributed by atoms with E-state index in [0.717, 1.165) is 5.69 Å². The lowest BCUT2D eigenvalue weighted by molar-refractivity contribution is 0.0696. The molecule has 0 unspecified atom stereocenters. The number of nitrogens with zero attached hydrogens (tertiary/aromatic N) is 2. The van der Waals surface area contributed by atoms with Crippen LogP contribution in [0.5, 0.6) is 0 Å². The van der Waals surface area contributed by atoms with Crippen molar-refractivity contribution in [1.29, 1.82) is 0 Å². The molecule has 0 aliphatic carbocycles. The molecule has 0 spiro atoms. The summed E-state index contributed by atoms with van der Waals surface area (Å²) < 4.78 is 10.8. The molecule has 2 aliphatic heterocycles. The summed E-state index contributed by atoms with van der Waals surface area (Å²) >= 11 is 0. The van der Waals surface area contributed by atoms with Gasteiger partial charge in [-0.2, -0.15) is 0 Å². The molecule has 2 aromatic rings. The Morgan fingerprint density at radius 3 is 1.93 bits per heavy atom. The Hall–Kier alpha value is -2.90. The number of ketones is 1. The highest BCUT2D eigenvalue weighted by atomic mass is 16.5. The van der Waals surface area contributed by atoms with Gasteiger partial charge in [-0.3, -0.25) is 4.79 Å². The number of anilines is 2. The monoisotopic (exact) mass is 396 g/mol.